The first-order valence-corrected chi connectivity index (χ1v) is 10.9. The van der Waals surface area contributed by atoms with Crippen LogP contribution in [0.3, 0.4) is 0 Å². The number of hydrogen-bond acceptors (Lipinski definition) is 9. The van der Waals surface area contributed by atoms with Crippen molar-refractivity contribution in [3.63, 3.8) is 0 Å². The van der Waals surface area contributed by atoms with Gasteiger partial charge in [-0.3, -0.25) is 14.9 Å². The number of thioether (sulfide) groups is 1. The maximum atomic E-state index is 12.3. The SMILES string of the molecule is COc1ccc([N+](=O)[O-])cc1NC(=O)CSc1nnc(-c2sc3ccccc3c2Cl)o1. The summed E-state index contributed by atoms with van der Waals surface area (Å²) in [5, 5.41) is 23.2. The minimum atomic E-state index is -0.553. The molecule has 4 rings (SSSR count). The number of halogens is 1. The molecule has 0 radical (unpaired) electrons. The quantitative estimate of drug-likeness (QED) is 0.218. The van der Waals surface area contributed by atoms with Gasteiger partial charge in [0.25, 0.3) is 16.8 Å². The molecule has 12 heteroatoms. The lowest BCUT2D eigenvalue weighted by molar-refractivity contribution is -0.384. The van der Waals surface area contributed by atoms with E-state index in [9.17, 15) is 14.9 Å². The van der Waals surface area contributed by atoms with Crippen molar-refractivity contribution in [2.75, 3.05) is 18.2 Å². The Labute approximate surface area is 188 Å². The lowest BCUT2D eigenvalue weighted by Gasteiger charge is -2.09. The van der Waals surface area contributed by atoms with Crippen LogP contribution in [-0.2, 0) is 4.79 Å². The number of hydrogen-bond donors (Lipinski definition) is 1. The van der Waals surface area contributed by atoms with Gasteiger partial charge in [-0.1, -0.05) is 41.6 Å². The number of amides is 1. The highest BCUT2D eigenvalue weighted by Gasteiger charge is 2.19. The molecule has 4 aromatic rings. The summed E-state index contributed by atoms with van der Waals surface area (Å²) in [7, 11) is 1.41. The number of nitrogens with one attached hydrogen (secondary N) is 1. The van der Waals surface area contributed by atoms with Crippen molar-refractivity contribution >= 4 is 62.1 Å². The number of thiophene rings is 1. The van der Waals surface area contributed by atoms with Crippen molar-refractivity contribution in [3.8, 4) is 16.5 Å². The first-order valence-electron chi connectivity index (χ1n) is 8.72. The topological polar surface area (TPSA) is 120 Å². The van der Waals surface area contributed by atoms with E-state index in [4.69, 9.17) is 20.8 Å². The highest BCUT2D eigenvalue weighted by molar-refractivity contribution is 7.99. The molecule has 0 aliphatic carbocycles. The van der Waals surface area contributed by atoms with Crippen LogP contribution in [0, 0.1) is 10.1 Å². The Kier molecular flexibility index (Phi) is 6.07. The van der Waals surface area contributed by atoms with E-state index < -0.39 is 10.8 Å². The summed E-state index contributed by atoms with van der Waals surface area (Å²) in [4.78, 5) is 23.4. The Balaban J connectivity index is 1.44. The average Bonchev–Trinajstić information content (AvgIpc) is 3.37. The van der Waals surface area contributed by atoms with Crippen LogP contribution in [0.25, 0.3) is 20.9 Å². The number of nitro groups is 1. The summed E-state index contributed by atoms with van der Waals surface area (Å²) < 4.78 is 11.8. The van der Waals surface area contributed by atoms with Gasteiger partial charge in [0.05, 0.1) is 28.5 Å². The van der Waals surface area contributed by atoms with Crippen LogP contribution in [0.5, 0.6) is 5.75 Å². The smallest absolute Gasteiger partial charge is 0.277 e. The van der Waals surface area contributed by atoms with E-state index in [2.05, 4.69) is 15.5 Å². The molecule has 158 valence electrons. The van der Waals surface area contributed by atoms with Crippen molar-refractivity contribution in [1.82, 2.24) is 10.2 Å². The van der Waals surface area contributed by atoms with Gasteiger partial charge in [-0.15, -0.1) is 21.5 Å². The molecule has 0 saturated heterocycles. The molecule has 0 aliphatic heterocycles. The van der Waals surface area contributed by atoms with Crippen LogP contribution in [0.2, 0.25) is 5.02 Å². The zero-order valence-corrected chi connectivity index (χ0v) is 18.2. The van der Waals surface area contributed by atoms with Crippen LogP contribution >= 0.6 is 34.7 Å². The van der Waals surface area contributed by atoms with Crippen LogP contribution in [0.1, 0.15) is 0 Å². The number of aromatic nitrogens is 2. The van der Waals surface area contributed by atoms with Gasteiger partial charge >= 0.3 is 0 Å². The summed E-state index contributed by atoms with van der Waals surface area (Å²) in [6.45, 7) is 0. The largest absolute Gasteiger partial charge is 0.495 e. The third-order valence-corrected chi connectivity index (χ3v) is 6.61. The second-order valence-corrected chi connectivity index (χ2v) is 8.45. The van der Waals surface area contributed by atoms with Gasteiger partial charge in [-0.05, 0) is 12.1 Å². The first-order chi connectivity index (χ1) is 15.0. The molecule has 31 heavy (non-hydrogen) atoms. The minimum absolute atomic E-state index is 0.0480. The Morgan fingerprint density at radius 3 is 2.87 bits per heavy atom. The van der Waals surface area contributed by atoms with Crippen LogP contribution in [-0.4, -0.2) is 33.9 Å². The Bertz CT molecular complexity index is 1290. The van der Waals surface area contributed by atoms with Crippen molar-refractivity contribution in [2.24, 2.45) is 0 Å². The number of anilines is 1. The van der Waals surface area contributed by atoms with Gasteiger partial charge < -0.3 is 14.5 Å². The van der Waals surface area contributed by atoms with Gasteiger partial charge in [0, 0.05) is 22.2 Å². The number of fused-ring (bicyclic) bond motifs is 1. The van der Waals surface area contributed by atoms with Gasteiger partial charge in [0.15, 0.2) is 0 Å². The fraction of sp³-hybridized carbons (Fsp3) is 0.105. The van der Waals surface area contributed by atoms with Crippen LogP contribution < -0.4 is 10.1 Å². The highest BCUT2D eigenvalue weighted by Crippen LogP contribution is 2.41. The van der Waals surface area contributed by atoms with Crippen molar-refractivity contribution in [1.29, 1.82) is 0 Å². The third kappa shape index (κ3) is 4.48. The number of carbonyl (C=O) groups is 1. The molecule has 2 heterocycles. The highest BCUT2D eigenvalue weighted by atomic mass is 35.5. The minimum Gasteiger partial charge on any atom is -0.495 e. The lowest BCUT2D eigenvalue weighted by Crippen LogP contribution is -2.14. The van der Waals surface area contributed by atoms with Crippen LogP contribution in [0.15, 0.2) is 52.1 Å². The van der Waals surface area contributed by atoms with Crippen molar-refractivity contribution < 1.29 is 18.9 Å². The summed E-state index contributed by atoms with van der Waals surface area (Å²) in [5.74, 6) is 0.120. The van der Waals surface area contributed by atoms with E-state index in [1.54, 1.807) is 0 Å². The molecule has 0 spiro atoms. The maximum Gasteiger partial charge on any atom is 0.277 e. The fourth-order valence-corrected chi connectivity index (χ4v) is 4.73. The van der Waals surface area contributed by atoms with E-state index >= 15 is 0 Å². The molecule has 1 N–H and O–H groups in total. The molecule has 0 atom stereocenters. The molecule has 0 unspecified atom stereocenters. The standard InChI is InChI=1S/C19H13ClN4O5S2/c1-28-13-7-6-10(24(26)27)8-12(13)21-15(25)9-30-19-23-22-18(29-19)17-16(20)11-4-2-3-5-14(11)31-17/h2-8H,9H2,1H3,(H,21,25). The predicted octanol–water partition coefficient (Wildman–Crippen LogP) is 5.25. The summed E-state index contributed by atoms with van der Waals surface area (Å²) >= 11 is 8.91. The fourth-order valence-electron chi connectivity index (χ4n) is 2.73. The average molecular weight is 477 g/mol. The number of carbonyl (C=O) groups excluding carboxylic acids is 1. The molecular weight excluding hydrogens is 464 g/mol. The van der Waals surface area contributed by atoms with Crippen molar-refractivity contribution in [3.05, 3.63) is 57.6 Å². The molecule has 2 aromatic heterocycles. The lowest BCUT2D eigenvalue weighted by atomic mass is 10.2. The molecule has 0 aliphatic rings. The van der Waals surface area contributed by atoms with E-state index in [0.29, 0.717) is 15.6 Å². The Hall–Kier alpha value is -3.15. The number of methoxy groups -OCH3 is 1. The second-order valence-electron chi connectivity index (χ2n) is 6.09. The summed E-state index contributed by atoms with van der Waals surface area (Å²) in [6, 6.07) is 11.6. The van der Waals surface area contributed by atoms with Gasteiger partial charge in [-0.25, -0.2) is 0 Å². The zero-order valence-electron chi connectivity index (χ0n) is 15.8. The molecular formula is C19H13ClN4O5S2. The summed E-state index contributed by atoms with van der Waals surface area (Å²) in [5.41, 5.74) is 0.0380. The van der Waals surface area contributed by atoms with Crippen molar-refractivity contribution in [2.45, 2.75) is 5.22 Å². The van der Waals surface area contributed by atoms with Gasteiger partial charge in [0.1, 0.15) is 10.6 Å². The number of non-ortho nitro benzene ring substituents is 1. The summed E-state index contributed by atoms with van der Waals surface area (Å²) in [6.07, 6.45) is 0. The number of rotatable bonds is 7. The maximum absolute atomic E-state index is 12.3. The second kappa shape index (κ2) is 8.92. The molecule has 2 aromatic carbocycles. The van der Waals surface area contributed by atoms with E-state index in [0.717, 1.165) is 21.8 Å². The molecule has 0 bridgehead atoms. The number of nitro benzene ring substituents is 1. The van der Waals surface area contributed by atoms with Gasteiger partial charge in [0.2, 0.25) is 5.91 Å². The van der Waals surface area contributed by atoms with E-state index in [1.807, 2.05) is 24.3 Å². The van der Waals surface area contributed by atoms with Gasteiger partial charge in [-0.2, -0.15) is 0 Å². The third-order valence-electron chi connectivity index (χ3n) is 4.13. The molecule has 9 nitrogen and oxygen atoms in total. The first kappa shape index (κ1) is 21.1. The Morgan fingerprint density at radius 1 is 1.32 bits per heavy atom. The zero-order chi connectivity index (χ0) is 22.0. The normalized spacial score (nSPS) is 10.9. The number of ether oxygens (including phenoxy) is 1. The number of benzene rings is 2. The number of nitrogens with zero attached hydrogens (tertiary/aromatic N) is 3. The van der Waals surface area contributed by atoms with Crippen LogP contribution in [0.4, 0.5) is 11.4 Å². The van der Waals surface area contributed by atoms with E-state index in [-0.39, 0.29) is 28.2 Å². The predicted molar refractivity (Wildman–Crippen MR) is 119 cm³/mol. The monoisotopic (exact) mass is 476 g/mol. The molecule has 0 fully saturated rings. The van der Waals surface area contributed by atoms with E-state index in [1.165, 1.54) is 36.6 Å². The molecule has 1 amide bonds. The Morgan fingerprint density at radius 2 is 2.13 bits per heavy atom. The molecule has 0 saturated carbocycles.